The molecule has 114 valence electrons. The van der Waals surface area contributed by atoms with Gasteiger partial charge in [0.25, 0.3) is 0 Å². The van der Waals surface area contributed by atoms with Gasteiger partial charge in [0, 0.05) is 31.5 Å². The van der Waals surface area contributed by atoms with Crippen molar-refractivity contribution >= 4 is 11.9 Å². The molecule has 0 aliphatic carbocycles. The van der Waals surface area contributed by atoms with Gasteiger partial charge in [-0.15, -0.1) is 0 Å². The first-order valence-electron chi connectivity index (χ1n) is 7.53. The van der Waals surface area contributed by atoms with Crippen molar-refractivity contribution in [2.45, 2.75) is 45.6 Å². The lowest BCUT2D eigenvalue weighted by atomic mass is 9.90. The maximum absolute atomic E-state index is 12.2. The lowest BCUT2D eigenvalue weighted by Crippen LogP contribution is -2.52. The SMILES string of the molecule is CC(C)CONC(=O)N1CCCC[C@@H]1[C@H]1CNC(=O)C1. The largest absolute Gasteiger partial charge is 0.356 e. The molecule has 2 rings (SSSR count). The van der Waals surface area contributed by atoms with Crippen molar-refractivity contribution in [2.75, 3.05) is 19.7 Å². The normalized spacial score (nSPS) is 26.8. The van der Waals surface area contributed by atoms with E-state index in [9.17, 15) is 9.59 Å². The second-order valence-corrected chi connectivity index (χ2v) is 6.14. The topological polar surface area (TPSA) is 70.7 Å². The van der Waals surface area contributed by atoms with Gasteiger partial charge in [0.2, 0.25) is 5.91 Å². The van der Waals surface area contributed by atoms with Crippen molar-refractivity contribution in [1.29, 1.82) is 0 Å². The summed E-state index contributed by atoms with van der Waals surface area (Å²) in [5, 5.41) is 2.86. The van der Waals surface area contributed by atoms with E-state index in [1.54, 1.807) is 0 Å². The van der Waals surface area contributed by atoms with Crippen LogP contribution in [0.3, 0.4) is 0 Å². The Morgan fingerprint density at radius 3 is 2.95 bits per heavy atom. The molecule has 2 heterocycles. The molecule has 2 N–H and O–H groups in total. The van der Waals surface area contributed by atoms with Gasteiger partial charge in [-0.3, -0.25) is 9.63 Å². The number of urea groups is 1. The van der Waals surface area contributed by atoms with Crippen molar-refractivity contribution in [3.8, 4) is 0 Å². The zero-order valence-electron chi connectivity index (χ0n) is 12.4. The molecule has 6 heteroatoms. The van der Waals surface area contributed by atoms with Crippen molar-refractivity contribution in [1.82, 2.24) is 15.7 Å². The first kappa shape index (κ1) is 15.1. The molecule has 2 aliphatic rings. The Morgan fingerprint density at radius 2 is 2.30 bits per heavy atom. The van der Waals surface area contributed by atoms with Crippen LogP contribution in [0.4, 0.5) is 4.79 Å². The molecular weight excluding hydrogens is 258 g/mol. The molecule has 0 bridgehead atoms. The highest BCUT2D eigenvalue weighted by molar-refractivity contribution is 5.79. The van der Waals surface area contributed by atoms with E-state index >= 15 is 0 Å². The Kier molecular flexibility index (Phi) is 5.23. The van der Waals surface area contributed by atoms with Crippen LogP contribution in [-0.2, 0) is 9.63 Å². The molecule has 0 aromatic rings. The first-order chi connectivity index (χ1) is 9.58. The lowest BCUT2D eigenvalue weighted by Gasteiger charge is -2.38. The maximum Gasteiger partial charge on any atom is 0.341 e. The molecule has 2 saturated heterocycles. The average Bonchev–Trinajstić information content (AvgIpc) is 2.85. The average molecular weight is 283 g/mol. The molecule has 0 radical (unpaired) electrons. The molecule has 2 aliphatic heterocycles. The Bertz CT molecular complexity index is 360. The minimum absolute atomic E-state index is 0.0944. The van der Waals surface area contributed by atoms with E-state index in [1.165, 1.54) is 0 Å². The molecular formula is C14H25N3O3. The molecule has 2 atom stereocenters. The molecule has 2 fully saturated rings. The van der Waals surface area contributed by atoms with E-state index < -0.39 is 0 Å². The molecule has 3 amide bonds. The van der Waals surface area contributed by atoms with Crippen LogP contribution >= 0.6 is 0 Å². The maximum atomic E-state index is 12.2. The van der Waals surface area contributed by atoms with Gasteiger partial charge in [-0.2, -0.15) is 0 Å². The molecule has 0 aromatic heterocycles. The fourth-order valence-corrected chi connectivity index (χ4v) is 2.93. The fraction of sp³-hybridized carbons (Fsp3) is 0.857. The minimum Gasteiger partial charge on any atom is -0.356 e. The number of nitrogens with one attached hydrogen (secondary N) is 2. The second kappa shape index (κ2) is 6.92. The van der Waals surface area contributed by atoms with Crippen LogP contribution < -0.4 is 10.8 Å². The molecule has 0 saturated carbocycles. The number of likely N-dealkylation sites (tertiary alicyclic amines) is 1. The van der Waals surface area contributed by atoms with E-state index in [2.05, 4.69) is 10.8 Å². The van der Waals surface area contributed by atoms with Gasteiger partial charge in [-0.05, 0) is 25.2 Å². The summed E-state index contributed by atoms with van der Waals surface area (Å²) < 4.78 is 0. The van der Waals surface area contributed by atoms with Gasteiger partial charge in [-0.25, -0.2) is 10.3 Å². The number of piperidine rings is 1. The lowest BCUT2D eigenvalue weighted by molar-refractivity contribution is -0.119. The van der Waals surface area contributed by atoms with Crippen LogP contribution in [0.2, 0.25) is 0 Å². The van der Waals surface area contributed by atoms with Crippen molar-refractivity contribution in [3.63, 3.8) is 0 Å². The minimum atomic E-state index is -0.172. The highest BCUT2D eigenvalue weighted by Gasteiger charge is 2.36. The second-order valence-electron chi connectivity index (χ2n) is 6.14. The summed E-state index contributed by atoms with van der Waals surface area (Å²) in [6.45, 7) is 6.00. The summed E-state index contributed by atoms with van der Waals surface area (Å²) in [6, 6.07) is -0.0277. The monoisotopic (exact) mass is 283 g/mol. The quantitative estimate of drug-likeness (QED) is 0.763. The van der Waals surface area contributed by atoms with Gasteiger partial charge in [-0.1, -0.05) is 13.8 Å². The Hall–Kier alpha value is -1.30. The molecule has 6 nitrogen and oxygen atoms in total. The summed E-state index contributed by atoms with van der Waals surface area (Å²) in [4.78, 5) is 30.6. The van der Waals surface area contributed by atoms with Gasteiger partial charge in [0.1, 0.15) is 0 Å². The summed E-state index contributed by atoms with van der Waals surface area (Å²) in [5.41, 5.74) is 2.53. The van der Waals surface area contributed by atoms with E-state index in [-0.39, 0.29) is 23.9 Å². The van der Waals surface area contributed by atoms with E-state index in [1.807, 2.05) is 18.7 Å². The standard InChI is InChI=1S/C14H25N3O3/c1-10(2)9-20-16-14(19)17-6-4-3-5-12(17)11-7-13(18)15-8-11/h10-12H,3-9H2,1-2H3,(H,15,18)(H,16,19)/t11-,12-/m1/s1. The van der Waals surface area contributed by atoms with Crippen LogP contribution in [0.5, 0.6) is 0 Å². The predicted octanol–water partition coefficient (Wildman–Crippen LogP) is 1.27. The van der Waals surface area contributed by atoms with E-state index in [4.69, 9.17) is 4.84 Å². The van der Waals surface area contributed by atoms with E-state index in [0.29, 0.717) is 25.5 Å². The van der Waals surface area contributed by atoms with Gasteiger partial charge >= 0.3 is 6.03 Å². The molecule has 0 spiro atoms. The van der Waals surface area contributed by atoms with E-state index in [0.717, 1.165) is 25.8 Å². The third kappa shape index (κ3) is 3.85. The summed E-state index contributed by atoms with van der Waals surface area (Å²) in [5.74, 6) is 0.708. The smallest absolute Gasteiger partial charge is 0.341 e. The van der Waals surface area contributed by atoms with Gasteiger partial charge in [0.05, 0.1) is 6.61 Å². The summed E-state index contributed by atoms with van der Waals surface area (Å²) in [7, 11) is 0. The number of nitrogens with zero attached hydrogens (tertiary/aromatic N) is 1. The number of amides is 3. The molecule has 20 heavy (non-hydrogen) atoms. The van der Waals surface area contributed by atoms with Gasteiger partial charge < -0.3 is 10.2 Å². The van der Waals surface area contributed by atoms with Crippen LogP contribution in [-0.4, -0.2) is 42.6 Å². The fourth-order valence-electron chi connectivity index (χ4n) is 2.93. The van der Waals surface area contributed by atoms with Gasteiger partial charge in [0.15, 0.2) is 0 Å². The number of rotatable bonds is 4. The number of hydrogen-bond donors (Lipinski definition) is 2. The zero-order chi connectivity index (χ0) is 14.5. The highest BCUT2D eigenvalue weighted by Crippen LogP contribution is 2.27. The van der Waals surface area contributed by atoms with Crippen molar-refractivity contribution in [3.05, 3.63) is 0 Å². The Balaban J connectivity index is 1.89. The summed E-state index contributed by atoms with van der Waals surface area (Å²) >= 11 is 0. The Labute approximate surface area is 120 Å². The van der Waals surface area contributed by atoms with Crippen molar-refractivity contribution < 1.29 is 14.4 Å². The summed E-state index contributed by atoms with van der Waals surface area (Å²) in [6.07, 6.45) is 3.63. The van der Waals surface area contributed by atoms with Crippen LogP contribution in [0.25, 0.3) is 0 Å². The Morgan fingerprint density at radius 1 is 1.50 bits per heavy atom. The molecule has 0 aromatic carbocycles. The number of hydroxylamine groups is 1. The first-order valence-corrected chi connectivity index (χ1v) is 7.53. The van der Waals surface area contributed by atoms with Crippen LogP contribution in [0.1, 0.15) is 39.5 Å². The highest BCUT2D eigenvalue weighted by atomic mass is 16.7. The van der Waals surface area contributed by atoms with Crippen LogP contribution in [0.15, 0.2) is 0 Å². The number of hydrogen-bond acceptors (Lipinski definition) is 3. The predicted molar refractivity (Wildman–Crippen MR) is 74.8 cm³/mol. The zero-order valence-corrected chi connectivity index (χ0v) is 12.4. The third-order valence-corrected chi connectivity index (χ3v) is 3.94. The van der Waals surface area contributed by atoms with Crippen LogP contribution in [0, 0.1) is 11.8 Å². The third-order valence-electron chi connectivity index (χ3n) is 3.94. The van der Waals surface area contributed by atoms with Crippen molar-refractivity contribution in [2.24, 2.45) is 11.8 Å². The number of carbonyl (C=O) groups excluding carboxylic acids is 2. The number of carbonyl (C=O) groups is 2. The molecule has 0 unspecified atom stereocenters.